The molecule has 0 atom stereocenters. The zero-order valence-corrected chi connectivity index (χ0v) is 15.4. The van der Waals surface area contributed by atoms with Crippen molar-refractivity contribution in [3.8, 4) is 0 Å². The maximum Gasteiger partial charge on any atom is 0.259 e. The summed E-state index contributed by atoms with van der Waals surface area (Å²) >= 11 is 1.55. The molecule has 0 aliphatic carbocycles. The van der Waals surface area contributed by atoms with Crippen LogP contribution in [0.5, 0.6) is 0 Å². The van der Waals surface area contributed by atoms with E-state index >= 15 is 0 Å². The highest BCUT2D eigenvalue weighted by atomic mass is 32.1. The SMILES string of the molecule is Cc1ccccc1NC(=O)c1cnc(Nc2nc(C)c(C)s2)nc1C. The average molecular weight is 353 g/mol. The van der Waals surface area contributed by atoms with Gasteiger partial charge in [-0.05, 0) is 39.3 Å². The van der Waals surface area contributed by atoms with Gasteiger partial charge >= 0.3 is 0 Å². The molecule has 128 valence electrons. The first-order chi connectivity index (χ1) is 11.9. The first-order valence-corrected chi connectivity index (χ1v) is 8.67. The number of nitrogens with one attached hydrogen (secondary N) is 2. The number of thiazole rings is 1. The summed E-state index contributed by atoms with van der Waals surface area (Å²) in [6.45, 7) is 7.72. The number of aryl methyl sites for hydroxylation is 4. The van der Waals surface area contributed by atoms with E-state index < -0.39 is 0 Å². The molecule has 6 nitrogen and oxygen atoms in total. The number of rotatable bonds is 4. The van der Waals surface area contributed by atoms with Crippen LogP contribution in [0, 0.1) is 27.7 Å². The highest BCUT2D eigenvalue weighted by molar-refractivity contribution is 7.15. The minimum absolute atomic E-state index is 0.223. The monoisotopic (exact) mass is 353 g/mol. The van der Waals surface area contributed by atoms with Crippen molar-refractivity contribution in [2.75, 3.05) is 10.6 Å². The summed E-state index contributed by atoms with van der Waals surface area (Å²) in [5.74, 6) is 0.206. The Hall–Kier alpha value is -2.80. The van der Waals surface area contributed by atoms with Crippen molar-refractivity contribution in [1.82, 2.24) is 15.0 Å². The molecule has 1 amide bonds. The van der Waals surface area contributed by atoms with Crippen LogP contribution in [0.4, 0.5) is 16.8 Å². The second-order valence-corrected chi connectivity index (χ2v) is 6.95. The van der Waals surface area contributed by atoms with Gasteiger partial charge in [-0.2, -0.15) is 0 Å². The molecule has 2 heterocycles. The van der Waals surface area contributed by atoms with Gasteiger partial charge in [-0.25, -0.2) is 15.0 Å². The van der Waals surface area contributed by atoms with Crippen molar-refractivity contribution in [2.45, 2.75) is 27.7 Å². The number of carbonyl (C=O) groups excluding carboxylic acids is 1. The Kier molecular flexibility index (Phi) is 4.76. The van der Waals surface area contributed by atoms with E-state index in [-0.39, 0.29) is 5.91 Å². The van der Waals surface area contributed by atoms with Gasteiger partial charge in [0.25, 0.3) is 5.91 Å². The van der Waals surface area contributed by atoms with Crippen molar-refractivity contribution in [1.29, 1.82) is 0 Å². The molecule has 0 unspecified atom stereocenters. The molecule has 0 saturated heterocycles. The summed E-state index contributed by atoms with van der Waals surface area (Å²) in [5, 5.41) is 6.72. The van der Waals surface area contributed by atoms with Gasteiger partial charge in [0, 0.05) is 16.8 Å². The van der Waals surface area contributed by atoms with E-state index in [1.54, 1.807) is 18.3 Å². The van der Waals surface area contributed by atoms with Crippen molar-refractivity contribution >= 4 is 34.0 Å². The Bertz CT molecular complexity index is 915. The summed E-state index contributed by atoms with van der Waals surface area (Å²) in [4.78, 5) is 26.7. The normalized spacial score (nSPS) is 10.6. The van der Waals surface area contributed by atoms with Gasteiger partial charge in [-0.15, -0.1) is 11.3 Å². The summed E-state index contributed by atoms with van der Waals surface area (Å²) in [5.41, 5.74) is 3.82. The smallest absolute Gasteiger partial charge is 0.259 e. The summed E-state index contributed by atoms with van der Waals surface area (Å²) in [6.07, 6.45) is 1.53. The summed E-state index contributed by atoms with van der Waals surface area (Å²) in [7, 11) is 0. The van der Waals surface area contributed by atoms with Crippen molar-refractivity contribution in [3.05, 3.63) is 57.9 Å². The molecule has 0 radical (unpaired) electrons. The number of amides is 1. The molecule has 25 heavy (non-hydrogen) atoms. The van der Waals surface area contributed by atoms with Crippen LogP contribution in [-0.4, -0.2) is 20.9 Å². The third kappa shape index (κ3) is 3.83. The predicted octanol–water partition coefficient (Wildman–Crippen LogP) is 4.16. The molecule has 0 aliphatic heterocycles. The molecule has 0 aliphatic rings. The van der Waals surface area contributed by atoms with E-state index in [1.165, 1.54) is 6.20 Å². The van der Waals surface area contributed by atoms with Gasteiger partial charge in [-0.3, -0.25) is 4.79 Å². The van der Waals surface area contributed by atoms with Crippen LogP contribution in [-0.2, 0) is 0 Å². The average Bonchev–Trinajstić information content (AvgIpc) is 2.87. The molecular formula is C18H19N5OS. The lowest BCUT2D eigenvalue weighted by atomic mass is 10.2. The molecular weight excluding hydrogens is 334 g/mol. The van der Waals surface area contributed by atoms with E-state index in [0.29, 0.717) is 17.2 Å². The number of hydrogen-bond acceptors (Lipinski definition) is 6. The van der Waals surface area contributed by atoms with Gasteiger partial charge in [0.15, 0.2) is 5.13 Å². The number of anilines is 3. The van der Waals surface area contributed by atoms with E-state index in [1.807, 2.05) is 45.0 Å². The first-order valence-electron chi connectivity index (χ1n) is 7.85. The van der Waals surface area contributed by atoms with Crippen LogP contribution < -0.4 is 10.6 Å². The number of aromatic nitrogens is 3. The number of benzene rings is 1. The van der Waals surface area contributed by atoms with Crippen molar-refractivity contribution in [2.24, 2.45) is 0 Å². The number of hydrogen-bond donors (Lipinski definition) is 2. The molecule has 0 bridgehead atoms. The van der Waals surface area contributed by atoms with Crippen molar-refractivity contribution < 1.29 is 4.79 Å². The zero-order chi connectivity index (χ0) is 18.0. The molecule has 7 heteroatoms. The Balaban J connectivity index is 1.77. The summed E-state index contributed by atoms with van der Waals surface area (Å²) < 4.78 is 0. The Morgan fingerprint density at radius 3 is 2.44 bits per heavy atom. The van der Waals surface area contributed by atoms with E-state index in [9.17, 15) is 4.79 Å². The lowest BCUT2D eigenvalue weighted by molar-refractivity contribution is 0.102. The lowest BCUT2D eigenvalue weighted by Gasteiger charge is -2.10. The maximum absolute atomic E-state index is 12.5. The minimum atomic E-state index is -0.223. The molecule has 0 spiro atoms. The maximum atomic E-state index is 12.5. The fourth-order valence-electron chi connectivity index (χ4n) is 2.27. The van der Waals surface area contributed by atoms with Crippen molar-refractivity contribution in [3.63, 3.8) is 0 Å². The zero-order valence-electron chi connectivity index (χ0n) is 14.5. The Morgan fingerprint density at radius 1 is 1.04 bits per heavy atom. The van der Waals surface area contributed by atoms with Gasteiger partial charge < -0.3 is 10.6 Å². The largest absolute Gasteiger partial charge is 0.322 e. The quantitative estimate of drug-likeness (QED) is 0.736. The fraction of sp³-hybridized carbons (Fsp3) is 0.222. The number of carbonyl (C=O) groups is 1. The lowest BCUT2D eigenvalue weighted by Crippen LogP contribution is -2.16. The minimum Gasteiger partial charge on any atom is -0.322 e. The molecule has 1 aromatic carbocycles. The van der Waals surface area contributed by atoms with E-state index in [0.717, 1.165) is 27.0 Å². The molecule has 3 aromatic rings. The molecule has 0 saturated carbocycles. The predicted molar refractivity (Wildman–Crippen MR) is 101 cm³/mol. The van der Waals surface area contributed by atoms with Gasteiger partial charge in [0.1, 0.15) is 0 Å². The summed E-state index contributed by atoms with van der Waals surface area (Å²) in [6, 6.07) is 7.63. The topological polar surface area (TPSA) is 79.8 Å². The molecule has 2 N–H and O–H groups in total. The van der Waals surface area contributed by atoms with Gasteiger partial charge in [0.05, 0.1) is 17.0 Å². The number of nitrogens with zero attached hydrogens (tertiary/aromatic N) is 3. The van der Waals surface area contributed by atoms with Gasteiger partial charge in [-0.1, -0.05) is 18.2 Å². The second-order valence-electron chi connectivity index (χ2n) is 5.75. The first kappa shape index (κ1) is 17.0. The van der Waals surface area contributed by atoms with Crippen LogP contribution >= 0.6 is 11.3 Å². The molecule has 0 fully saturated rings. The second kappa shape index (κ2) is 6.98. The van der Waals surface area contributed by atoms with E-state index in [4.69, 9.17) is 0 Å². The Labute approximate surface area is 150 Å². The van der Waals surface area contributed by atoms with Crippen LogP contribution in [0.3, 0.4) is 0 Å². The van der Waals surface area contributed by atoms with Crippen LogP contribution in [0.15, 0.2) is 30.5 Å². The van der Waals surface area contributed by atoms with Crippen LogP contribution in [0.2, 0.25) is 0 Å². The van der Waals surface area contributed by atoms with Gasteiger partial charge in [0.2, 0.25) is 5.95 Å². The highest BCUT2D eigenvalue weighted by Gasteiger charge is 2.14. The Morgan fingerprint density at radius 2 is 1.80 bits per heavy atom. The number of para-hydroxylation sites is 1. The third-order valence-electron chi connectivity index (χ3n) is 3.86. The molecule has 3 rings (SSSR count). The molecule has 2 aromatic heterocycles. The van der Waals surface area contributed by atoms with E-state index in [2.05, 4.69) is 25.6 Å². The highest BCUT2D eigenvalue weighted by Crippen LogP contribution is 2.23. The van der Waals surface area contributed by atoms with Crippen LogP contribution in [0.1, 0.15) is 32.2 Å². The van der Waals surface area contributed by atoms with Crippen LogP contribution in [0.25, 0.3) is 0 Å². The standard InChI is InChI=1S/C18H19N5OS/c1-10-7-5-6-8-15(10)22-16(24)14-9-19-17(20-12(14)3)23-18-21-11(2)13(4)25-18/h5-9H,1-4H3,(H,22,24)(H,19,20,21,23). The third-order valence-corrected chi connectivity index (χ3v) is 4.85. The fourth-order valence-corrected chi connectivity index (χ4v) is 3.08.